The number of pyridine rings is 1. The molecule has 2 aromatic heterocycles. The van der Waals surface area contributed by atoms with Crippen molar-refractivity contribution in [1.82, 2.24) is 15.3 Å². The van der Waals surface area contributed by atoms with Crippen LogP contribution in [0.4, 0.5) is 5.82 Å². The number of anilines is 1. The molecule has 4 N–H and O–H groups in total. The molecule has 1 unspecified atom stereocenters. The second-order valence-electron chi connectivity index (χ2n) is 8.30. The Morgan fingerprint density at radius 3 is 2.84 bits per heavy atom. The first-order chi connectivity index (χ1) is 14.9. The van der Waals surface area contributed by atoms with Gasteiger partial charge in [0.1, 0.15) is 5.82 Å². The van der Waals surface area contributed by atoms with E-state index >= 15 is 0 Å². The summed E-state index contributed by atoms with van der Waals surface area (Å²) in [6.45, 7) is 2.03. The number of hydrogen-bond acceptors (Lipinski definition) is 6. The Morgan fingerprint density at radius 1 is 1.29 bits per heavy atom. The van der Waals surface area contributed by atoms with Gasteiger partial charge in [-0.1, -0.05) is 6.07 Å². The Hall–Kier alpha value is -3.62. The summed E-state index contributed by atoms with van der Waals surface area (Å²) in [6.07, 6.45) is 4.02. The largest absolute Gasteiger partial charge is 0.465 e. The third-order valence-electron chi connectivity index (χ3n) is 6.54. The fourth-order valence-electron chi connectivity index (χ4n) is 4.98. The van der Waals surface area contributed by atoms with E-state index in [9.17, 15) is 14.4 Å². The van der Waals surface area contributed by atoms with Crippen LogP contribution >= 0.6 is 0 Å². The first-order valence-electron chi connectivity index (χ1n) is 10.3. The zero-order chi connectivity index (χ0) is 21.8. The SMILES string of the molecule is COC(=O)c1ccc2c(c1)[nH]c1c(C(N)=O)cnc(N3CCCC4(CCNC4=O)C3)c12. The third kappa shape index (κ3) is 2.91. The van der Waals surface area contributed by atoms with Crippen LogP contribution in [0.2, 0.25) is 0 Å². The van der Waals surface area contributed by atoms with E-state index < -0.39 is 17.3 Å². The highest BCUT2D eigenvalue weighted by Gasteiger charge is 2.45. The van der Waals surface area contributed by atoms with Crippen LogP contribution < -0.4 is 16.0 Å². The molecule has 0 aliphatic carbocycles. The van der Waals surface area contributed by atoms with E-state index in [0.717, 1.165) is 36.6 Å². The van der Waals surface area contributed by atoms with Gasteiger partial charge < -0.3 is 25.7 Å². The third-order valence-corrected chi connectivity index (χ3v) is 6.54. The Balaban J connectivity index is 1.69. The molecule has 3 aromatic rings. The lowest BCUT2D eigenvalue weighted by Crippen LogP contribution is -2.47. The summed E-state index contributed by atoms with van der Waals surface area (Å²) in [5.74, 6) is -0.229. The fourth-order valence-corrected chi connectivity index (χ4v) is 4.98. The molecule has 0 radical (unpaired) electrons. The summed E-state index contributed by atoms with van der Waals surface area (Å²) in [4.78, 5) is 46.6. The van der Waals surface area contributed by atoms with E-state index in [2.05, 4.69) is 20.2 Å². The van der Waals surface area contributed by atoms with E-state index in [-0.39, 0.29) is 11.5 Å². The number of hydrogen-bond donors (Lipinski definition) is 3. The van der Waals surface area contributed by atoms with Gasteiger partial charge in [-0.15, -0.1) is 0 Å². The van der Waals surface area contributed by atoms with Crippen LogP contribution in [0.15, 0.2) is 24.4 Å². The normalized spacial score (nSPS) is 21.1. The summed E-state index contributed by atoms with van der Waals surface area (Å²) in [5.41, 5.74) is 7.13. The topological polar surface area (TPSA) is 130 Å². The number of aromatic amines is 1. The van der Waals surface area contributed by atoms with Crippen LogP contribution in [0.3, 0.4) is 0 Å². The molecular weight excluding hydrogens is 398 g/mol. The monoisotopic (exact) mass is 421 g/mol. The highest BCUT2D eigenvalue weighted by molar-refractivity contribution is 6.19. The molecule has 2 saturated heterocycles. The number of carbonyl (C=O) groups is 3. The number of nitrogens with one attached hydrogen (secondary N) is 2. The molecule has 9 nitrogen and oxygen atoms in total. The quantitative estimate of drug-likeness (QED) is 0.552. The van der Waals surface area contributed by atoms with Crippen molar-refractivity contribution in [3.63, 3.8) is 0 Å². The number of benzene rings is 1. The van der Waals surface area contributed by atoms with Crippen LogP contribution in [0, 0.1) is 5.41 Å². The van der Waals surface area contributed by atoms with E-state index in [4.69, 9.17) is 10.5 Å². The Morgan fingerprint density at radius 2 is 2.13 bits per heavy atom. The Bertz CT molecular complexity index is 1250. The van der Waals surface area contributed by atoms with Crippen LogP contribution in [0.1, 0.15) is 40.0 Å². The number of nitrogens with zero attached hydrogens (tertiary/aromatic N) is 2. The smallest absolute Gasteiger partial charge is 0.337 e. The van der Waals surface area contributed by atoms with E-state index in [1.54, 1.807) is 12.1 Å². The summed E-state index contributed by atoms with van der Waals surface area (Å²) in [6, 6.07) is 5.19. The van der Waals surface area contributed by atoms with Crippen molar-refractivity contribution in [2.24, 2.45) is 11.1 Å². The average molecular weight is 421 g/mol. The highest BCUT2D eigenvalue weighted by atomic mass is 16.5. The number of fused-ring (bicyclic) bond motifs is 3. The molecule has 0 saturated carbocycles. The molecule has 2 amide bonds. The molecule has 160 valence electrons. The maximum atomic E-state index is 12.6. The second-order valence-corrected chi connectivity index (χ2v) is 8.30. The van der Waals surface area contributed by atoms with Crippen molar-refractivity contribution in [3.05, 3.63) is 35.5 Å². The minimum atomic E-state index is -0.589. The lowest BCUT2D eigenvalue weighted by Gasteiger charge is -2.39. The van der Waals surface area contributed by atoms with Crippen molar-refractivity contribution in [2.75, 3.05) is 31.6 Å². The highest BCUT2D eigenvalue weighted by Crippen LogP contribution is 2.41. The molecule has 31 heavy (non-hydrogen) atoms. The number of H-pyrrole nitrogens is 1. The van der Waals surface area contributed by atoms with E-state index in [1.807, 2.05) is 6.07 Å². The zero-order valence-electron chi connectivity index (χ0n) is 17.2. The summed E-state index contributed by atoms with van der Waals surface area (Å²) < 4.78 is 4.82. The summed E-state index contributed by atoms with van der Waals surface area (Å²) >= 11 is 0. The average Bonchev–Trinajstić information content (AvgIpc) is 3.32. The number of ether oxygens (including phenoxy) is 1. The lowest BCUT2D eigenvalue weighted by atomic mass is 9.78. The first-order valence-corrected chi connectivity index (χ1v) is 10.3. The Kier molecular flexibility index (Phi) is 4.35. The van der Waals surface area contributed by atoms with Gasteiger partial charge in [0, 0.05) is 36.7 Å². The van der Waals surface area contributed by atoms with Gasteiger partial charge in [0.2, 0.25) is 5.91 Å². The molecule has 2 aliphatic rings. The minimum absolute atomic E-state index is 0.101. The van der Waals surface area contributed by atoms with Gasteiger partial charge in [0.25, 0.3) is 5.91 Å². The molecule has 0 bridgehead atoms. The number of nitrogens with two attached hydrogens (primary N) is 1. The van der Waals surface area contributed by atoms with Crippen LogP contribution in [0.25, 0.3) is 21.8 Å². The minimum Gasteiger partial charge on any atom is -0.465 e. The van der Waals surface area contributed by atoms with Crippen LogP contribution in [0.5, 0.6) is 0 Å². The number of amides is 2. The molecule has 9 heteroatoms. The van der Waals surface area contributed by atoms with Gasteiger partial charge >= 0.3 is 5.97 Å². The molecule has 5 rings (SSSR count). The number of aromatic nitrogens is 2. The number of carbonyl (C=O) groups excluding carboxylic acids is 3. The number of piperidine rings is 1. The summed E-state index contributed by atoms with van der Waals surface area (Å²) in [7, 11) is 1.33. The van der Waals surface area contributed by atoms with E-state index in [0.29, 0.717) is 35.5 Å². The van der Waals surface area contributed by atoms with Gasteiger partial charge in [-0.2, -0.15) is 0 Å². The van der Waals surface area contributed by atoms with Gasteiger partial charge in [-0.3, -0.25) is 9.59 Å². The van der Waals surface area contributed by atoms with E-state index in [1.165, 1.54) is 13.3 Å². The number of rotatable bonds is 3. The van der Waals surface area contributed by atoms with Gasteiger partial charge in [-0.05, 0) is 31.4 Å². The van der Waals surface area contributed by atoms with Crippen LogP contribution in [-0.4, -0.2) is 54.5 Å². The van der Waals surface area contributed by atoms with Crippen molar-refractivity contribution in [3.8, 4) is 0 Å². The van der Waals surface area contributed by atoms with Gasteiger partial charge in [0.15, 0.2) is 0 Å². The summed E-state index contributed by atoms with van der Waals surface area (Å²) in [5, 5.41) is 4.55. The van der Waals surface area contributed by atoms with Crippen LogP contribution in [-0.2, 0) is 9.53 Å². The van der Waals surface area contributed by atoms with Crippen molar-refractivity contribution in [2.45, 2.75) is 19.3 Å². The number of methoxy groups -OCH3 is 1. The molecular formula is C22H23N5O4. The molecule has 2 fully saturated rings. The molecule has 2 aliphatic heterocycles. The predicted octanol–water partition coefficient (Wildman–Crippen LogP) is 1.71. The molecule has 1 atom stereocenters. The standard InChI is InChI=1S/C22H23N5O4/c1-31-20(29)12-3-4-13-15(9-12)26-17-14(18(23)28)10-25-19(16(13)17)27-8-2-5-22(11-27)6-7-24-21(22)30/h3-4,9-10,26H,2,5-8,11H2,1H3,(H2,23,28)(H,24,30). The van der Waals surface area contributed by atoms with Crippen molar-refractivity contribution >= 4 is 45.4 Å². The predicted molar refractivity (Wildman–Crippen MR) is 115 cm³/mol. The van der Waals surface area contributed by atoms with Gasteiger partial charge in [0.05, 0.1) is 34.6 Å². The number of primary amides is 1. The zero-order valence-corrected chi connectivity index (χ0v) is 17.2. The van der Waals surface area contributed by atoms with Crippen molar-refractivity contribution < 1.29 is 19.1 Å². The maximum Gasteiger partial charge on any atom is 0.337 e. The second kappa shape index (κ2) is 6.97. The Labute approximate surface area is 177 Å². The molecule has 1 aromatic carbocycles. The lowest BCUT2D eigenvalue weighted by molar-refractivity contribution is -0.128. The molecule has 1 spiro atoms. The number of esters is 1. The molecule has 4 heterocycles. The van der Waals surface area contributed by atoms with Gasteiger partial charge in [-0.25, -0.2) is 9.78 Å². The maximum absolute atomic E-state index is 12.6. The van der Waals surface area contributed by atoms with Crippen molar-refractivity contribution in [1.29, 1.82) is 0 Å². The fraction of sp³-hybridized carbons (Fsp3) is 0.364. The first kappa shape index (κ1) is 19.3.